The molecule has 0 spiro atoms. The maximum atomic E-state index is 12.9. The molecule has 2 aromatic carbocycles. The van der Waals surface area contributed by atoms with E-state index in [4.69, 9.17) is 22.1 Å². The lowest BCUT2D eigenvalue weighted by Gasteiger charge is -2.26. The molecule has 0 fully saturated rings. The molecule has 2 aromatic heterocycles. The van der Waals surface area contributed by atoms with Gasteiger partial charge in [-0.05, 0) is 48.4 Å². The Hall–Kier alpha value is -3.62. The first kappa shape index (κ1) is 22.2. The number of benzene rings is 2. The molecule has 3 N–H and O–H groups in total. The molecule has 0 radical (unpaired) electrons. The van der Waals surface area contributed by atoms with Crippen molar-refractivity contribution in [2.24, 2.45) is 0 Å². The second kappa shape index (κ2) is 8.96. The fraction of sp³-hybridized carbons (Fsp3) is 0.240. The highest BCUT2D eigenvalue weighted by Crippen LogP contribution is 2.33. The van der Waals surface area contributed by atoms with Gasteiger partial charge in [0.05, 0.1) is 24.7 Å². The van der Waals surface area contributed by atoms with Crippen LogP contribution in [0.5, 0.6) is 5.75 Å². The number of nitrogens with zero attached hydrogens (tertiary/aromatic N) is 4. The summed E-state index contributed by atoms with van der Waals surface area (Å²) in [5.41, 5.74) is 10.7. The largest absolute Gasteiger partial charge is 0.495 e. The van der Waals surface area contributed by atoms with Gasteiger partial charge in [-0.2, -0.15) is 4.98 Å². The molecule has 0 aliphatic carbocycles. The second-order valence-corrected chi connectivity index (χ2v) is 8.89. The minimum atomic E-state index is -0.260. The fourth-order valence-corrected chi connectivity index (χ4v) is 4.50. The second-order valence-electron chi connectivity index (χ2n) is 8.48. The van der Waals surface area contributed by atoms with E-state index in [0.29, 0.717) is 33.4 Å². The fourth-order valence-electron chi connectivity index (χ4n) is 4.30. The van der Waals surface area contributed by atoms with Gasteiger partial charge >= 0.3 is 0 Å². The van der Waals surface area contributed by atoms with Crippen molar-refractivity contribution in [1.29, 1.82) is 0 Å². The van der Waals surface area contributed by atoms with Gasteiger partial charge in [-0.3, -0.25) is 9.36 Å². The first-order valence-corrected chi connectivity index (χ1v) is 11.4. The summed E-state index contributed by atoms with van der Waals surface area (Å²) in [5.74, 6) is 1.06. The Balaban J connectivity index is 1.57. The van der Waals surface area contributed by atoms with Crippen molar-refractivity contribution in [1.82, 2.24) is 19.4 Å². The number of halogens is 1. The van der Waals surface area contributed by atoms with E-state index >= 15 is 0 Å². The smallest absolute Gasteiger partial charge is 0.254 e. The Labute approximate surface area is 202 Å². The van der Waals surface area contributed by atoms with Crippen LogP contribution in [-0.4, -0.2) is 40.1 Å². The molecule has 0 amide bonds. The van der Waals surface area contributed by atoms with Crippen molar-refractivity contribution >= 4 is 40.0 Å². The molecule has 174 valence electrons. The van der Waals surface area contributed by atoms with Crippen LogP contribution in [0.3, 0.4) is 0 Å². The number of likely N-dealkylation sites (N-methyl/N-ethyl adjacent to an activating group) is 1. The summed E-state index contributed by atoms with van der Waals surface area (Å²) >= 11 is 6.35. The standard InChI is InChI=1S/C25H25ClN6O2/c1-31-8-7-15-10-22(34-2)21(9-17(15)13-31)29-25-28-12-18-20(27)11-23(33)32(24(18)30-25)14-16-5-3-4-6-19(16)26/h3-6,9-12H,7-8,13-14,27H2,1-2H3,(H,28,29,30). The number of nitrogen functional groups attached to an aromatic ring is 1. The van der Waals surface area contributed by atoms with E-state index in [1.54, 1.807) is 23.9 Å². The van der Waals surface area contributed by atoms with E-state index in [1.807, 2.05) is 18.2 Å². The van der Waals surface area contributed by atoms with Gasteiger partial charge in [0.1, 0.15) is 5.75 Å². The quantitative estimate of drug-likeness (QED) is 0.452. The Kier molecular flexibility index (Phi) is 5.85. The molecule has 5 rings (SSSR count). The van der Waals surface area contributed by atoms with Gasteiger partial charge in [0.15, 0.2) is 5.65 Å². The first-order valence-electron chi connectivity index (χ1n) is 11.0. The minimum Gasteiger partial charge on any atom is -0.495 e. The van der Waals surface area contributed by atoms with Crippen LogP contribution in [-0.2, 0) is 19.5 Å². The highest BCUT2D eigenvalue weighted by Gasteiger charge is 2.18. The van der Waals surface area contributed by atoms with Gasteiger partial charge in [0.2, 0.25) is 5.95 Å². The number of hydrogen-bond acceptors (Lipinski definition) is 7. The summed E-state index contributed by atoms with van der Waals surface area (Å²) < 4.78 is 7.18. The molecule has 8 nitrogen and oxygen atoms in total. The number of fused-ring (bicyclic) bond motifs is 2. The molecule has 9 heteroatoms. The van der Waals surface area contributed by atoms with E-state index in [1.165, 1.54) is 17.2 Å². The number of hydrogen-bond donors (Lipinski definition) is 2. The van der Waals surface area contributed by atoms with Crippen molar-refractivity contribution in [3.63, 3.8) is 0 Å². The van der Waals surface area contributed by atoms with Crippen LogP contribution < -0.4 is 21.3 Å². The summed E-state index contributed by atoms with van der Waals surface area (Å²) in [7, 11) is 3.75. The predicted molar refractivity (Wildman–Crippen MR) is 135 cm³/mol. The van der Waals surface area contributed by atoms with Crippen LogP contribution in [0.15, 0.2) is 53.5 Å². The Morgan fingerprint density at radius 3 is 2.82 bits per heavy atom. The Morgan fingerprint density at radius 2 is 2.03 bits per heavy atom. The topological polar surface area (TPSA) is 98.3 Å². The Bertz CT molecular complexity index is 1450. The zero-order valence-corrected chi connectivity index (χ0v) is 19.8. The van der Waals surface area contributed by atoms with Gasteiger partial charge in [-0.1, -0.05) is 29.8 Å². The molecule has 34 heavy (non-hydrogen) atoms. The van der Waals surface area contributed by atoms with Crippen LogP contribution in [0.4, 0.5) is 17.3 Å². The number of nitrogens with two attached hydrogens (primary N) is 1. The predicted octanol–water partition coefficient (Wildman–Crippen LogP) is 3.82. The third-order valence-corrected chi connectivity index (χ3v) is 6.51. The molecule has 1 aliphatic rings. The highest BCUT2D eigenvalue weighted by atomic mass is 35.5. The van der Waals surface area contributed by atoms with Crippen molar-refractivity contribution in [2.75, 3.05) is 31.8 Å². The molecule has 1 aliphatic heterocycles. The first-order chi connectivity index (χ1) is 16.4. The van der Waals surface area contributed by atoms with Gasteiger partial charge in [0, 0.05) is 36.1 Å². The number of nitrogens with one attached hydrogen (secondary N) is 1. The molecule has 0 unspecified atom stereocenters. The zero-order chi connectivity index (χ0) is 23.8. The maximum Gasteiger partial charge on any atom is 0.254 e. The van der Waals surface area contributed by atoms with Crippen LogP contribution in [0.2, 0.25) is 5.02 Å². The summed E-state index contributed by atoms with van der Waals surface area (Å²) in [5, 5.41) is 4.45. The van der Waals surface area contributed by atoms with Crippen LogP contribution >= 0.6 is 11.6 Å². The third kappa shape index (κ3) is 4.18. The summed E-state index contributed by atoms with van der Waals surface area (Å²) in [4.78, 5) is 24.3. The minimum absolute atomic E-state index is 0.260. The molecular formula is C25H25ClN6O2. The number of rotatable bonds is 5. The number of ether oxygens (including phenoxy) is 1. The number of pyridine rings is 1. The van der Waals surface area contributed by atoms with Crippen LogP contribution in [0.25, 0.3) is 11.0 Å². The van der Waals surface area contributed by atoms with Gasteiger partial charge in [-0.25, -0.2) is 4.98 Å². The summed E-state index contributed by atoms with van der Waals surface area (Å²) in [6.07, 6.45) is 2.60. The average molecular weight is 477 g/mol. The highest BCUT2D eigenvalue weighted by molar-refractivity contribution is 6.31. The van der Waals surface area contributed by atoms with E-state index < -0.39 is 0 Å². The van der Waals surface area contributed by atoms with Gasteiger partial charge < -0.3 is 20.7 Å². The SMILES string of the molecule is COc1cc2c(cc1Nc1ncc3c(N)cc(=O)n(Cc4ccccc4Cl)c3n1)CN(C)CC2. The van der Waals surface area contributed by atoms with Crippen molar-refractivity contribution in [2.45, 2.75) is 19.5 Å². The molecule has 4 aromatic rings. The molecule has 0 atom stereocenters. The number of anilines is 3. The van der Waals surface area contributed by atoms with E-state index in [2.05, 4.69) is 39.4 Å². The van der Waals surface area contributed by atoms with Crippen molar-refractivity contribution in [3.05, 3.63) is 80.7 Å². The van der Waals surface area contributed by atoms with Gasteiger partial charge in [-0.15, -0.1) is 0 Å². The summed E-state index contributed by atoms with van der Waals surface area (Å²) in [6.45, 7) is 2.14. The molecule has 0 bridgehead atoms. The Morgan fingerprint density at radius 1 is 1.21 bits per heavy atom. The maximum absolute atomic E-state index is 12.9. The number of methoxy groups -OCH3 is 1. The van der Waals surface area contributed by atoms with Crippen molar-refractivity contribution in [3.8, 4) is 5.75 Å². The van der Waals surface area contributed by atoms with E-state index in [-0.39, 0.29) is 12.1 Å². The van der Waals surface area contributed by atoms with E-state index in [9.17, 15) is 4.79 Å². The lowest BCUT2D eigenvalue weighted by molar-refractivity contribution is 0.312. The van der Waals surface area contributed by atoms with Crippen LogP contribution in [0.1, 0.15) is 16.7 Å². The molecule has 0 saturated heterocycles. The lowest BCUT2D eigenvalue weighted by atomic mass is 9.99. The molecular weight excluding hydrogens is 452 g/mol. The molecule has 3 heterocycles. The number of aromatic nitrogens is 3. The lowest BCUT2D eigenvalue weighted by Crippen LogP contribution is -2.26. The van der Waals surface area contributed by atoms with Crippen LogP contribution in [0, 0.1) is 0 Å². The summed E-state index contributed by atoms with van der Waals surface area (Å²) in [6, 6.07) is 12.9. The van der Waals surface area contributed by atoms with Gasteiger partial charge in [0.25, 0.3) is 5.56 Å². The van der Waals surface area contributed by atoms with E-state index in [0.717, 1.165) is 30.8 Å². The third-order valence-electron chi connectivity index (χ3n) is 6.14. The zero-order valence-electron chi connectivity index (χ0n) is 19.0. The normalized spacial score (nSPS) is 13.6. The monoisotopic (exact) mass is 476 g/mol. The molecule has 0 saturated carbocycles. The average Bonchev–Trinajstić information content (AvgIpc) is 2.82. The van der Waals surface area contributed by atoms with Crippen molar-refractivity contribution < 1.29 is 4.74 Å².